The van der Waals surface area contributed by atoms with Gasteiger partial charge in [-0.3, -0.25) is 4.79 Å². The lowest BCUT2D eigenvalue weighted by atomic mass is 10.0. The first kappa shape index (κ1) is 16.9. The zero-order chi connectivity index (χ0) is 16.8. The molecule has 0 heterocycles. The summed E-state index contributed by atoms with van der Waals surface area (Å²) in [6.45, 7) is 6.47. The Bertz CT molecular complexity index is 660. The topological polar surface area (TPSA) is 55.8 Å². The van der Waals surface area contributed by atoms with Crippen LogP contribution in [0, 0.1) is 0 Å². The van der Waals surface area contributed by atoms with Crippen LogP contribution < -0.4 is 9.47 Å². The average molecular weight is 314 g/mol. The molecule has 0 aliphatic carbocycles. The number of phenols is 1. The Morgan fingerprint density at radius 3 is 2.30 bits per heavy atom. The van der Waals surface area contributed by atoms with Crippen molar-refractivity contribution in [2.24, 2.45) is 0 Å². The van der Waals surface area contributed by atoms with Crippen molar-refractivity contribution in [1.82, 2.24) is 0 Å². The van der Waals surface area contributed by atoms with Crippen molar-refractivity contribution in [2.45, 2.75) is 33.3 Å². The molecule has 0 saturated heterocycles. The molecule has 0 atom stereocenters. The van der Waals surface area contributed by atoms with Gasteiger partial charge < -0.3 is 14.6 Å². The molecule has 0 bridgehead atoms. The molecule has 0 aliphatic rings. The second kappa shape index (κ2) is 7.68. The van der Waals surface area contributed by atoms with E-state index in [1.807, 2.05) is 20.8 Å². The first-order chi connectivity index (χ1) is 11.0. The number of carbonyl (C=O) groups is 1. The first-order valence-electron chi connectivity index (χ1n) is 7.78. The van der Waals surface area contributed by atoms with E-state index in [4.69, 9.17) is 9.47 Å². The maximum atomic E-state index is 12.5. The molecule has 2 aromatic rings. The molecule has 0 amide bonds. The smallest absolute Gasteiger partial charge is 0.196 e. The van der Waals surface area contributed by atoms with Crippen molar-refractivity contribution in [1.29, 1.82) is 0 Å². The number of hydrogen-bond acceptors (Lipinski definition) is 4. The molecule has 0 spiro atoms. The van der Waals surface area contributed by atoms with E-state index >= 15 is 0 Å². The third-order valence-corrected chi connectivity index (χ3v) is 3.17. The van der Waals surface area contributed by atoms with Crippen LogP contribution in [0.5, 0.6) is 17.2 Å². The zero-order valence-corrected chi connectivity index (χ0v) is 13.7. The number of benzene rings is 2. The molecule has 1 N–H and O–H groups in total. The lowest BCUT2D eigenvalue weighted by Crippen LogP contribution is -2.06. The molecule has 23 heavy (non-hydrogen) atoms. The summed E-state index contributed by atoms with van der Waals surface area (Å²) in [5.41, 5.74) is 0.755. The Morgan fingerprint density at radius 2 is 1.74 bits per heavy atom. The molecule has 4 nitrogen and oxygen atoms in total. The van der Waals surface area contributed by atoms with E-state index in [1.54, 1.807) is 36.4 Å². The van der Waals surface area contributed by atoms with Crippen LogP contribution in [0.15, 0.2) is 42.5 Å². The molecule has 4 heteroatoms. The summed E-state index contributed by atoms with van der Waals surface area (Å²) >= 11 is 0. The van der Waals surface area contributed by atoms with Crippen LogP contribution in [0.3, 0.4) is 0 Å². The fourth-order valence-corrected chi connectivity index (χ4v) is 2.13. The Morgan fingerprint density at radius 1 is 1.09 bits per heavy atom. The fraction of sp³-hybridized carbons (Fsp3) is 0.316. The maximum absolute atomic E-state index is 12.5. The Balaban J connectivity index is 2.16. The molecule has 0 fully saturated rings. The van der Waals surface area contributed by atoms with Gasteiger partial charge in [-0.2, -0.15) is 0 Å². The predicted molar refractivity (Wildman–Crippen MR) is 89.5 cm³/mol. The van der Waals surface area contributed by atoms with Crippen molar-refractivity contribution in [3.05, 3.63) is 53.6 Å². The van der Waals surface area contributed by atoms with Gasteiger partial charge in [-0.25, -0.2) is 0 Å². The van der Waals surface area contributed by atoms with Crippen LogP contribution in [0.1, 0.15) is 43.1 Å². The van der Waals surface area contributed by atoms with E-state index in [-0.39, 0.29) is 23.2 Å². The molecule has 0 aromatic heterocycles. The third kappa shape index (κ3) is 4.49. The molecule has 0 unspecified atom stereocenters. The Kier molecular flexibility index (Phi) is 5.63. The van der Waals surface area contributed by atoms with Crippen LogP contribution in [0.4, 0.5) is 0 Å². The normalized spacial score (nSPS) is 10.6. The molecular weight excluding hydrogens is 292 g/mol. The van der Waals surface area contributed by atoms with Crippen LogP contribution in [-0.4, -0.2) is 23.6 Å². The van der Waals surface area contributed by atoms with Crippen molar-refractivity contribution in [3.8, 4) is 17.2 Å². The minimum atomic E-state index is -0.236. The second-order valence-corrected chi connectivity index (χ2v) is 5.55. The monoisotopic (exact) mass is 314 g/mol. The number of ether oxygens (including phenoxy) is 2. The summed E-state index contributed by atoms with van der Waals surface area (Å²) in [7, 11) is 0. The zero-order valence-electron chi connectivity index (χ0n) is 13.7. The van der Waals surface area contributed by atoms with Crippen molar-refractivity contribution >= 4 is 5.78 Å². The highest BCUT2D eigenvalue weighted by atomic mass is 16.5. The molecular formula is C19H22O4. The Hall–Kier alpha value is -2.49. The van der Waals surface area contributed by atoms with E-state index in [9.17, 15) is 9.90 Å². The third-order valence-electron chi connectivity index (χ3n) is 3.17. The van der Waals surface area contributed by atoms with Gasteiger partial charge in [0.15, 0.2) is 5.78 Å². The van der Waals surface area contributed by atoms with Gasteiger partial charge in [-0.15, -0.1) is 0 Å². The summed E-state index contributed by atoms with van der Waals surface area (Å²) in [6.07, 6.45) is 0.961. The highest BCUT2D eigenvalue weighted by Crippen LogP contribution is 2.26. The quantitative estimate of drug-likeness (QED) is 0.778. The van der Waals surface area contributed by atoms with Gasteiger partial charge in [0.05, 0.1) is 18.3 Å². The van der Waals surface area contributed by atoms with Crippen molar-refractivity contribution < 1.29 is 19.4 Å². The molecule has 2 rings (SSSR count). The molecule has 0 saturated carbocycles. The number of rotatable bonds is 7. The highest BCUT2D eigenvalue weighted by molar-refractivity contribution is 6.10. The van der Waals surface area contributed by atoms with Crippen molar-refractivity contribution in [3.63, 3.8) is 0 Å². The van der Waals surface area contributed by atoms with Gasteiger partial charge in [0.1, 0.15) is 17.2 Å². The van der Waals surface area contributed by atoms with E-state index in [1.165, 1.54) is 6.07 Å². The lowest BCUT2D eigenvalue weighted by Gasteiger charge is -2.10. The standard InChI is InChI=1S/C19H22O4/c1-4-11-22-16-9-10-17(18(20)12-16)19(21)14-5-7-15(8-6-14)23-13(2)3/h5-10,12-13,20H,4,11H2,1-3H3. The molecule has 2 aromatic carbocycles. The maximum Gasteiger partial charge on any atom is 0.196 e. The predicted octanol–water partition coefficient (Wildman–Crippen LogP) is 4.20. The summed E-state index contributed by atoms with van der Waals surface area (Å²) < 4.78 is 11.0. The summed E-state index contributed by atoms with van der Waals surface area (Å²) in [4.78, 5) is 12.5. The van der Waals surface area contributed by atoms with Crippen LogP contribution >= 0.6 is 0 Å². The van der Waals surface area contributed by atoms with E-state index < -0.39 is 0 Å². The second-order valence-electron chi connectivity index (χ2n) is 5.55. The average Bonchev–Trinajstić information content (AvgIpc) is 2.52. The van der Waals surface area contributed by atoms with E-state index in [0.717, 1.165) is 6.42 Å². The van der Waals surface area contributed by atoms with E-state index in [0.29, 0.717) is 23.7 Å². The van der Waals surface area contributed by atoms with Gasteiger partial charge in [-0.05, 0) is 56.7 Å². The highest BCUT2D eigenvalue weighted by Gasteiger charge is 2.14. The number of ketones is 1. The van der Waals surface area contributed by atoms with E-state index in [2.05, 4.69) is 0 Å². The number of hydrogen-bond donors (Lipinski definition) is 1. The van der Waals surface area contributed by atoms with Gasteiger partial charge in [-0.1, -0.05) is 6.92 Å². The minimum absolute atomic E-state index is 0.0777. The fourth-order valence-electron chi connectivity index (χ4n) is 2.13. The number of phenolic OH excluding ortho intramolecular Hbond substituents is 1. The largest absolute Gasteiger partial charge is 0.507 e. The van der Waals surface area contributed by atoms with Gasteiger partial charge in [0.25, 0.3) is 0 Å². The van der Waals surface area contributed by atoms with Crippen LogP contribution in [0.25, 0.3) is 0 Å². The molecule has 122 valence electrons. The summed E-state index contributed by atoms with van der Waals surface area (Å²) in [6, 6.07) is 11.6. The first-order valence-corrected chi connectivity index (χ1v) is 7.78. The van der Waals surface area contributed by atoms with Gasteiger partial charge in [0, 0.05) is 11.6 Å². The van der Waals surface area contributed by atoms with Gasteiger partial charge >= 0.3 is 0 Å². The number of aromatic hydroxyl groups is 1. The van der Waals surface area contributed by atoms with Crippen LogP contribution in [0.2, 0.25) is 0 Å². The number of carbonyl (C=O) groups excluding carboxylic acids is 1. The Labute approximate surface area is 136 Å². The lowest BCUT2D eigenvalue weighted by molar-refractivity contribution is 0.103. The minimum Gasteiger partial charge on any atom is -0.507 e. The van der Waals surface area contributed by atoms with Crippen LogP contribution in [-0.2, 0) is 0 Å². The van der Waals surface area contributed by atoms with Gasteiger partial charge in [0.2, 0.25) is 0 Å². The molecule has 0 radical (unpaired) electrons. The van der Waals surface area contributed by atoms with Crippen molar-refractivity contribution in [2.75, 3.05) is 6.61 Å². The summed E-state index contributed by atoms with van der Waals surface area (Å²) in [5.74, 6) is 0.956. The SMILES string of the molecule is CCCOc1ccc(C(=O)c2ccc(OC(C)C)cc2)c(O)c1. The summed E-state index contributed by atoms with van der Waals surface area (Å²) in [5, 5.41) is 10.1. The molecule has 0 aliphatic heterocycles.